The van der Waals surface area contributed by atoms with Gasteiger partial charge >= 0.3 is 0 Å². The van der Waals surface area contributed by atoms with Crippen LogP contribution in [-0.4, -0.2) is 47.6 Å². The fourth-order valence-corrected chi connectivity index (χ4v) is 2.71. The van der Waals surface area contributed by atoms with E-state index in [1.807, 2.05) is 54.6 Å². The van der Waals surface area contributed by atoms with E-state index in [0.717, 1.165) is 29.8 Å². The molecule has 0 saturated heterocycles. The molecule has 0 aliphatic rings. The lowest BCUT2D eigenvalue weighted by Crippen LogP contribution is -2.15. The van der Waals surface area contributed by atoms with E-state index in [1.165, 1.54) is 0 Å². The molecule has 0 unspecified atom stereocenters. The predicted molar refractivity (Wildman–Crippen MR) is 106 cm³/mol. The van der Waals surface area contributed by atoms with Gasteiger partial charge in [0.1, 0.15) is 29.9 Å². The van der Waals surface area contributed by atoms with Crippen molar-refractivity contribution in [3.05, 3.63) is 59.8 Å². The summed E-state index contributed by atoms with van der Waals surface area (Å²) in [6, 6.07) is 17.4. The highest BCUT2D eigenvalue weighted by Crippen LogP contribution is 2.24. The Bertz CT molecular complexity index is 946. The molecule has 7 nitrogen and oxygen atoms in total. The summed E-state index contributed by atoms with van der Waals surface area (Å²) in [6.07, 6.45) is 0.979. The standard InChI is InChI=1S/C21H23N5O2/c1-26(2)10-5-11-27-18-8-3-6-16(12-18)15-28-19-9-4-7-17(13-19)21-20(14-22)23-25-24-21/h3-4,6-9,12-13H,5,10-11,15H2,1-2H3,(H,23,24,25). The fraction of sp³-hybridized carbons (Fsp3) is 0.286. The molecule has 0 radical (unpaired) electrons. The van der Waals surface area contributed by atoms with Crippen molar-refractivity contribution in [2.45, 2.75) is 13.0 Å². The molecule has 1 heterocycles. The number of hydrogen-bond acceptors (Lipinski definition) is 6. The molecule has 0 amide bonds. The predicted octanol–water partition coefficient (Wildman–Crippen LogP) is 3.25. The van der Waals surface area contributed by atoms with E-state index in [-0.39, 0.29) is 5.69 Å². The van der Waals surface area contributed by atoms with Gasteiger partial charge in [-0.2, -0.15) is 15.6 Å². The molecule has 7 heteroatoms. The molecule has 144 valence electrons. The van der Waals surface area contributed by atoms with E-state index in [0.29, 0.717) is 24.7 Å². The molecule has 1 N–H and O–H groups in total. The van der Waals surface area contributed by atoms with Gasteiger partial charge in [0.05, 0.1) is 6.61 Å². The second kappa shape index (κ2) is 9.53. The highest BCUT2D eigenvalue weighted by Gasteiger charge is 2.10. The topological polar surface area (TPSA) is 87.1 Å². The average molecular weight is 377 g/mol. The lowest BCUT2D eigenvalue weighted by molar-refractivity contribution is 0.279. The lowest BCUT2D eigenvalue weighted by Gasteiger charge is -2.12. The molecule has 0 saturated carbocycles. The largest absolute Gasteiger partial charge is 0.494 e. The van der Waals surface area contributed by atoms with E-state index >= 15 is 0 Å². The number of aromatic amines is 1. The number of hydrogen-bond donors (Lipinski definition) is 1. The van der Waals surface area contributed by atoms with Crippen LogP contribution in [0.5, 0.6) is 11.5 Å². The molecule has 0 bridgehead atoms. The molecule has 0 fully saturated rings. The first-order valence-electron chi connectivity index (χ1n) is 9.06. The van der Waals surface area contributed by atoms with Crippen LogP contribution in [0.3, 0.4) is 0 Å². The van der Waals surface area contributed by atoms with Gasteiger partial charge in [0.25, 0.3) is 0 Å². The Kier molecular flexibility index (Phi) is 6.60. The van der Waals surface area contributed by atoms with Crippen molar-refractivity contribution >= 4 is 0 Å². The molecule has 1 aromatic heterocycles. The minimum Gasteiger partial charge on any atom is -0.494 e. The Morgan fingerprint density at radius 1 is 1.04 bits per heavy atom. The van der Waals surface area contributed by atoms with Crippen LogP contribution in [0.15, 0.2) is 48.5 Å². The van der Waals surface area contributed by atoms with Crippen molar-refractivity contribution < 1.29 is 9.47 Å². The summed E-state index contributed by atoms with van der Waals surface area (Å²) in [5.74, 6) is 1.54. The van der Waals surface area contributed by atoms with Crippen molar-refractivity contribution in [2.75, 3.05) is 27.2 Å². The molecule has 2 aromatic carbocycles. The minimum atomic E-state index is 0.260. The first kappa shape index (κ1) is 19.4. The zero-order valence-electron chi connectivity index (χ0n) is 16.1. The van der Waals surface area contributed by atoms with Crippen LogP contribution in [0.2, 0.25) is 0 Å². The van der Waals surface area contributed by atoms with Crippen molar-refractivity contribution in [3.8, 4) is 28.8 Å². The Morgan fingerprint density at radius 2 is 1.82 bits per heavy atom. The maximum Gasteiger partial charge on any atom is 0.190 e. The van der Waals surface area contributed by atoms with Gasteiger partial charge in [0, 0.05) is 12.1 Å². The maximum atomic E-state index is 9.10. The number of rotatable bonds is 9. The van der Waals surface area contributed by atoms with Crippen LogP contribution < -0.4 is 9.47 Å². The van der Waals surface area contributed by atoms with Gasteiger partial charge in [-0.25, -0.2) is 0 Å². The third-order valence-electron chi connectivity index (χ3n) is 4.08. The Labute approximate surface area is 164 Å². The summed E-state index contributed by atoms with van der Waals surface area (Å²) >= 11 is 0. The Balaban J connectivity index is 1.59. The number of nitrogens with zero attached hydrogens (tertiary/aromatic N) is 4. The maximum absolute atomic E-state index is 9.10. The third-order valence-corrected chi connectivity index (χ3v) is 4.08. The van der Waals surface area contributed by atoms with Crippen LogP contribution in [0.1, 0.15) is 17.7 Å². The summed E-state index contributed by atoms with van der Waals surface area (Å²) in [4.78, 5) is 2.14. The van der Waals surface area contributed by atoms with Gasteiger partial charge in [-0.05, 0) is 50.3 Å². The van der Waals surface area contributed by atoms with Gasteiger partial charge < -0.3 is 14.4 Å². The number of nitrogens with one attached hydrogen (secondary N) is 1. The minimum absolute atomic E-state index is 0.260. The van der Waals surface area contributed by atoms with Gasteiger partial charge in [-0.3, -0.25) is 0 Å². The molecular weight excluding hydrogens is 354 g/mol. The van der Waals surface area contributed by atoms with Gasteiger partial charge in [-0.1, -0.05) is 24.3 Å². The highest BCUT2D eigenvalue weighted by molar-refractivity contribution is 5.65. The molecule has 0 aliphatic heterocycles. The number of benzene rings is 2. The van der Waals surface area contributed by atoms with Gasteiger partial charge in [0.15, 0.2) is 5.69 Å². The second-order valence-corrected chi connectivity index (χ2v) is 6.60. The molecule has 28 heavy (non-hydrogen) atoms. The van der Waals surface area contributed by atoms with Crippen LogP contribution in [0.25, 0.3) is 11.3 Å². The van der Waals surface area contributed by atoms with Crippen molar-refractivity contribution in [1.82, 2.24) is 20.3 Å². The van der Waals surface area contributed by atoms with Crippen LogP contribution in [0, 0.1) is 11.3 Å². The SMILES string of the molecule is CN(C)CCCOc1cccc(COc2cccc(-c3n[nH]nc3C#N)c2)c1. The summed E-state index contributed by atoms with van der Waals surface area (Å²) in [5.41, 5.74) is 2.58. The molecule has 3 rings (SSSR count). The monoisotopic (exact) mass is 377 g/mol. The summed E-state index contributed by atoms with van der Waals surface area (Å²) in [6.45, 7) is 2.10. The van der Waals surface area contributed by atoms with E-state index in [1.54, 1.807) is 0 Å². The first-order valence-corrected chi connectivity index (χ1v) is 9.06. The van der Waals surface area contributed by atoms with Crippen molar-refractivity contribution in [2.24, 2.45) is 0 Å². The number of H-pyrrole nitrogens is 1. The fourth-order valence-electron chi connectivity index (χ4n) is 2.71. The third kappa shape index (κ3) is 5.32. The summed E-state index contributed by atoms with van der Waals surface area (Å²) in [5, 5.41) is 19.5. The molecular formula is C21H23N5O2. The second-order valence-electron chi connectivity index (χ2n) is 6.60. The quantitative estimate of drug-likeness (QED) is 0.576. The molecule has 3 aromatic rings. The van der Waals surface area contributed by atoms with E-state index in [9.17, 15) is 0 Å². The molecule has 0 atom stereocenters. The Hall–Kier alpha value is -3.37. The van der Waals surface area contributed by atoms with E-state index in [4.69, 9.17) is 14.7 Å². The zero-order chi connectivity index (χ0) is 19.8. The first-order chi connectivity index (χ1) is 13.7. The number of ether oxygens (including phenoxy) is 2. The van der Waals surface area contributed by atoms with Gasteiger partial charge in [0.2, 0.25) is 0 Å². The number of aromatic nitrogens is 3. The van der Waals surface area contributed by atoms with Crippen molar-refractivity contribution in [3.63, 3.8) is 0 Å². The highest BCUT2D eigenvalue weighted by atomic mass is 16.5. The average Bonchev–Trinajstić information content (AvgIpc) is 3.19. The van der Waals surface area contributed by atoms with E-state index in [2.05, 4.69) is 34.4 Å². The smallest absolute Gasteiger partial charge is 0.190 e. The normalized spacial score (nSPS) is 10.6. The number of nitriles is 1. The van der Waals surface area contributed by atoms with Crippen LogP contribution in [0.4, 0.5) is 0 Å². The molecule has 0 spiro atoms. The zero-order valence-corrected chi connectivity index (χ0v) is 16.1. The van der Waals surface area contributed by atoms with Gasteiger partial charge in [-0.15, -0.1) is 5.10 Å². The Morgan fingerprint density at radius 3 is 2.61 bits per heavy atom. The van der Waals surface area contributed by atoms with Crippen LogP contribution >= 0.6 is 0 Å². The van der Waals surface area contributed by atoms with Crippen LogP contribution in [-0.2, 0) is 6.61 Å². The summed E-state index contributed by atoms with van der Waals surface area (Å²) < 4.78 is 11.7. The molecule has 0 aliphatic carbocycles. The van der Waals surface area contributed by atoms with Crippen molar-refractivity contribution in [1.29, 1.82) is 5.26 Å². The lowest BCUT2D eigenvalue weighted by atomic mass is 10.1. The van der Waals surface area contributed by atoms with E-state index < -0.39 is 0 Å². The summed E-state index contributed by atoms with van der Waals surface area (Å²) in [7, 11) is 4.10.